The van der Waals surface area contributed by atoms with Gasteiger partial charge in [0.1, 0.15) is 18.1 Å². The average molecular weight is 527 g/mol. The zero-order valence-electron chi connectivity index (χ0n) is 22.4. The molecule has 0 fully saturated rings. The maximum Gasteiger partial charge on any atom is 0.355 e. The fourth-order valence-corrected chi connectivity index (χ4v) is 4.50. The van der Waals surface area contributed by atoms with Gasteiger partial charge in [0.25, 0.3) is 5.91 Å². The number of cyclic esters (lactones) is 1. The molecule has 0 spiro atoms. The topological polar surface area (TPSA) is 148 Å². The van der Waals surface area contributed by atoms with E-state index in [0.717, 1.165) is 5.57 Å². The number of allylic oxidation sites excluding steroid dienone is 2. The SMILES string of the molecule is CC1=C\[C@@H](O)C[C@H](N)Cc2nc(co2)C(=O)N2CCC=C2C(=O)OC(C(C)C)[C@H](C)/C=C/C(=O)NC\C=C\1. The Labute approximate surface area is 223 Å². The number of nitrogens with zero attached hydrogens (tertiary/aromatic N) is 2. The molecule has 2 bridgehead atoms. The van der Waals surface area contributed by atoms with Crippen molar-refractivity contribution in [3.8, 4) is 0 Å². The van der Waals surface area contributed by atoms with Crippen LogP contribution in [0.1, 0.15) is 56.9 Å². The minimum absolute atomic E-state index is 0.0300. The summed E-state index contributed by atoms with van der Waals surface area (Å²) < 4.78 is 11.3. The predicted molar refractivity (Wildman–Crippen MR) is 141 cm³/mol. The number of esters is 1. The summed E-state index contributed by atoms with van der Waals surface area (Å²) in [5, 5.41) is 13.2. The summed E-state index contributed by atoms with van der Waals surface area (Å²) >= 11 is 0. The molecule has 3 heterocycles. The number of fused-ring (bicyclic) bond motifs is 3. The van der Waals surface area contributed by atoms with E-state index in [2.05, 4.69) is 10.3 Å². The summed E-state index contributed by atoms with van der Waals surface area (Å²) in [4.78, 5) is 44.2. The third-order valence-electron chi connectivity index (χ3n) is 6.39. The third kappa shape index (κ3) is 8.00. The third-order valence-corrected chi connectivity index (χ3v) is 6.39. The largest absolute Gasteiger partial charge is 0.457 e. The molecule has 2 amide bonds. The number of carbonyl (C=O) groups excluding carboxylic acids is 3. The zero-order valence-corrected chi connectivity index (χ0v) is 22.4. The van der Waals surface area contributed by atoms with Gasteiger partial charge >= 0.3 is 5.97 Å². The Hall–Kier alpha value is -3.50. The van der Waals surface area contributed by atoms with Crippen LogP contribution in [0.15, 0.2) is 58.4 Å². The van der Waals surface area contributed by atoms with Crippen molar-refractivity contribution < 1.29 is 28.6 Å². The average Bonchev–Trinajstić information content (AvgIpc) is 3.52. The highest BCUT2D eigenvalue weighted by Gasteiger charge is 2.33. The highest BCUT2D eigenvalue weighted by Crippen LogP contribution is 2.24. The van der Waals surface area contributed by atoms with E-state index in [1.807, 2.05) is 27.7 Å². The van der Waals surface area contributed by atoms with Gasteiger partial charge in [-0.2, -0.15) is 0 Å². The van der Waals surface area contributed by atoms with Gasteiger partial charge in [-0.05, 0) is 31.8 Å². The zero-order chi connectivity index (χ0) is 27.8. The van der Waals surface area contributed by atoms with E-state index < -0.39 is 30.1 Å². The van der Waals surface area contributed by atoms with Gasteiger partial charge in [0.2, 0.25) is 5.91 Å². The van der Waals surface area contributed by atoms with E-state index in [4.69, 9.17) is 14.9 Å². The lowest BCUT2D eigenvalue weighted by Crippen LogP contribution is -2.36. The van der Waals surface area contributed by atoms with Crippen LogP contribution in [0.2, 0.25) is 0 Å². The van der Waals surface area contributed by atoms with Crippen LogP contribution in [-0.2, 0) is 20.7 Å². The molecule has 0 saturated carbocycles. The first-order valence-corrected chi connectivity index (χ1v) is 13.0. The normalized spacial score (nSPS) is 29.6. The molecule has 0 radical (unpaired) electrons. The van der Waals surface area contributed by atoms with Crippen molar-refractivity contribution in [1.29, 1.82) is 0 Å². The number of carbonyl (C=O) groups is 3. The monoisotopic (exact) mass is 526 g/mol. The Balaban J connectivity index is 1.86. The molecule has 10 heteroatoms. The molecule has 38 heavy (non-hydrogen) atoms. The fraction of sp³-hybridized carbons (Fsp3) is 0.500. The highest BCUT2D eigenvalue weighted by molar-refractivity contribution is 6.00. The molecule has 1 aromatic rings. The van der Waals surface area contributed by atoms with Crippen molar-refractivity contribution in [2.24, 2.45) is 17.6 Å². The highest BCUT2D eigenvalue weighted by atomic mass is 16.5. The quantitative estimate of drug-likeness (QED) is 0.473. The van der Waals surface area contributed by atoms with Crippen LogP contribution in [0.4, 0.5) is 0 Å². The second-order valence-corrected chi connectivity index (χ2v) is 10.1. The van der Waals surface area contributed by atoms with Crippen LogP contribution in [0.5, 0.6) is 0 Å². The molecule has 2 aliphatic heterocycles. The summed E-state index contributed by atoms with van der Waals surface area (Å²) in [6, 6.07) is -0.459. The molecule has 0 aliphatic carbocycles. The number of aliphatic hydroxyl groups excluding tert-OH is 1. The Kier molecular flexibility index (Phi) is 10.2. The van der Waals surface area contributed by atoms with Gasteiger partial charge in [-0.1, -0.05) is 56.7 Å². The number of amides is 2. The van der Waals surface area contributed by atoms with Gasteiger partial charge in [-0.25, -0.2) is 9.78 Å². The Morgan fingerprint density at radius 1 is 1.24 bits per heavy atom. The van der Waals surface area contributed by atoms with Crippen molar-refractivity contribution in [1.82, 2.24) is 15.2 Å². The number of aliphatic hydroxyl groups is 1. The molecule has 1 aromatic heterocycles. The number of nitrogens with one attached hydrogen (secondary N) is 1. The lowest BCUT2D eigenvalue weighted by Gasteiger charge is -2.27. The number of hydrogen-bond donors (Lipinski definition) is 3. The van der Waals surface area contributed by atoms with Crippen molar-refractivity contribution in [2.75, 3.05) is 13.1 Å². The number of rotatable bonds is 1. The maximum atomic E-state index is 13.2. The van der Waals surface area contributed by atoms with Gasteiger partial charge in [-0.15, -0.1) is 0 Å². The molecule has 10 nitrogen and oxygen atoms in total. The summed E-state index contributed by atoms with van der Waals surface area (Å²) in [5.41, 5.74) is 7.23. The standard InChI is InChI=1S/C28H38N4O6/c1-17(2)26-19(4)9-10-24(34)30-11-5-7-18(3)13-21(33)14-20(29)15-25-31-22(16-37-25)27(35)32-12-6-8-23(32)28(36)38-26/h5,7-10,13,16-17,19-21,26,33H,6,11-12,14-15,29H2,1-4H3,(H,30,34)/b7-5+,10-9+,18-13+/t19-,20+,21-,26?/m1/s1. The van der Waals surface area contributed by atoms with Crippen molar-refractivity contribution in [3.05, 3.63) is 65.6 Å². The van der Waals surface area contributed by atoms with Crippen LogP contribution in [0, 0.1) is 11.8 Å². The van der Waals surface area contributed by atoms with Crippen molar-refractivity contribution in [3.63, 3.8) is 0 Å². The Morgan fingerprint density at radius 2 is 2.00 bits per heavy atom. The molecular weight excluding hydrogens is 488 g/mol. The van der Waals surface area contributed by atoms with Crippen LogP contribution in [0.3, 0.4) is 0 Å². The van der Waals surface area contributed by atoms with E-state index in [0.29, 0.717) is 19.5 Å². The molecule has 4 N–H and O–H groups in total. The van der Waals surface area contributed by atoms with Gasteiger partial charge in [-0.3, -0.25) is 9.59 Å². The molecule has 1 unspecified atom stereocenters. The molecule has 2 aliphatic rings. The minimum Gasteiger partial charge on any atom is -0.457 e. The lowest BCUT2D eigenvalue weighted by molar-refractivity contribution is -0.149. The smallest absolute Gasteiger partial charge is 0.355 e. The van der Waals surface area contributed by atoms with Crippen molar-refractivity contribution >= 4 is 17.8 Å². The van der Waals surface area contributed by atoms with E-state index >= 15 is 0 Å². The van der Waals surface area contributed by atoms with E-state index in [9.17, 15) is 19.5 Å². The molecule has 3 rings (SSSR count). The number of hydrogen-bond acceptors (Lipinski definition) is 8. The second-order valence-electron chi connectivity index (χ2n) is 10.1. The first-order chi connectivity index (χ1) is 18.0. The Bertz CT molecular complexity index is 1130. The summed E-state index contributed by atoms with van der Waals surface area (Å²) in [5.74, 6) is -1.35. The van der Waals surface area contributed by atoms with E-state index in [1.165, 1.54) is 17.2 Å². The van der Waals surface area contributed by atoms with Gasteiger partial charge in [0, 0.05) is 31.5 Å². The summed E-state index contributed by atoms with van der Waals surface area (Å²) in [6.07, 6.45) is 11.0. The summed E-state index contributed by atoms with van der Waals surface area (Å²) in [6.45, 7) is 8.21. The van der Waals surface area contributed by atoms with E-state index in [-0.39, 0.29) is 47.9 Å². The van der Waals surface area contributed by atoms with Crippen LogP contribution >= 0.6 is 0 Å². The minimum atomic E-state index is -0.788. The molecular formula is C28H38N4O6. The van der Waals surface area contributed by atoms with Crippen LogP contribution in [0.25, 0.3) is 0 Å². The van der Waals surface area contributed by atoms with Gasteiger partial charge < -0.3 is 30.2 Å². The molecule has 206 valence electrons. The molecule has 4 atom stereocenters. The Morgan fingerprint density at radius 3 is 2.74 bits per heavy atom. The number of oxazole rings is 1. The lowest BCUT2D eigenvalue weighted by atomic mass is 9.94. The van der Waals surface area contributed by atoms with Crippen molar-refractivity contribution in [2.45, 2.75) is 65.2 Å². The summed E-state index contributed by atoms with van der Waals surface area (Å²) in [7, 11) is 0. The van der Waals surface area contributed by atoms with E-state index in [1.54, 1.807) is 30.4 Å². The molecule has 0 aromatic carbocycles. The first-order valence-electron chi connectivity index (χ1n) is 13.0. The van der Waals surface area contributed by atoms with Gasteiger partial charge in [0.15, 0.2) is 11.6 Å². The van der Waals surface area contributed by atoms with Crippen LogP contribution < -0.4 is 11.1 Å². The number of nitrogens with two attached hydrogens (primary N) is 1. The number of aromatic nitrogens is 1. The second kappa shape index (κ2) is 13.3. The fourth-order valence-electron chi connectivity index (χ4n) is 4.50. The molecule has 0 saturated heterocycles. The first kappa shape index (κ1) is 29.1. The van der Waals surface area contributed by atoms with Crippen LogP contribution in [-0.4, -0.2) is 64.1 Å². The maximum absolute atomic E-state index is 13.2. The number of ether oxygens (including phenoxy) is 1. The van der Waals surface area contributed by atoms with Gasteiger partial charge in [0.05, 0.1) is 6.10 Å². The predicted octanol–water partition coefficient (Wildman–Crippen LogP) is 2.42.